The molecule has 2 rings (SSSR count). The summed E-state index contributed by atoms with van der Waals surface area (Å²) in [6, 6.07) is 2.52. The minimum atomic E-state index is -4.33. The van der Waals surface area contributed by atoms with Crippen LogP contribution in [0.15, 0.2) is 18.3 Å². The number of halogens is 4. The van der Waals surface area contributed by atoms with Crippen LogP contribution in [0.2, 0.25) is 0 Å². The van der Waals surface area contributed by atoms with Gasteiger partial charge in [0.1, 0.15) is 5.82 Å². The van der Waals surface area contributed by atoms with Crippen molar-refractivity contribution in [3.8, 4) is 0 Å². The molecule has 1 aromatic rings. The largest absolute Gasteiger partial charge is 0.417 e. The van der Waals surface area contributed by atoms with E-state index in [0.29, 0.717) is 12.4 Å². The van der Waals surface area contributed by atoms with Gasteiger partial charge in [-0.3, -0.25) is 0 Å². The molecule has 1 fully saturated rings. The van der Waals surface area contributed by atoms with E-state index in [1.807, 2.05) is 4.90 Å². The van der Waals surface area contributed by atoms with Gasteiger partial charge in [0.25, 0.3) is 0 Å². The van der Waals surface area contributed by atoms with Gasteiger partial charge in [-0.15, -0.1) is 12.4 Å². The molecule has 2 heterocycles. The van der Waals surface area contributed by atoms with E-state index in [4.69, 9.17) is 5.73 Å². The molecule has 1 atom stereocenters. The van der Waals surface area contributed by atoms with E-state index in [9.17, 15) is 13.2 Å². The molecule has 0 aliphatic carbocycles. The van der Waals surface area contributed by atoms with Crippen molar-refractivity contribution in [1.29, 1.82) is 0 Å². The highest BCUT2D eigenvalue weighted by atomic mass is 35.5. The number of nitrogens with zero attached hydrogens (tertiary/aromatic N) is 2. The maximum atomic E-state index is 12.3. The van der Waals surface area contributed by atoms with Gasteiger partial charge in [-0.05, 0) is 18.6 Å². The average molecular weight is 268 g/mol. The summed E-state index contributed by atoms with van der Waals surface area (Å²) in [5.41, 5.74) is 4.99. The summed E-state index contributed by atoms with van der Waals surface area (Å²) in [5, 5.41) is 0. The van der Waals surface area contributed by atoms with E-state index < -0.39 is 11.7 Å². The lowest BCUT2D eigenvalue weighted by molar-refractivity contribution is -0.137. The van der Waals surface area contributed by atoms with Gasteiger partial charge in [0, 0.05) is 25.3 Å². The van der Waals surface area contributed by atoms with Crippen LogP contribution in [0.4, 0.5) is 19.0 Å². The van der Waals surface area contributed by atoms with Crippen LogP contribution in [0.1, 0.15) is 12.0 Å². The fraction of sp³-hybridized carbons (Fsp3) is 0.500. The SMILES string of the molecule is Cl.N[C@H]1CCN(c2ccc(C(F)(F)F)cn2)C1. The number of rotatable bonds is 1. The molecule has 0 spiro atoms. The molecule has 0 saturated carbocycles. The Morgan fingerprint density at radius 2 is 2.06 bits per heavy atom. The molecule has 1 saturated heterocycles. The van der Waals surface area contributed by atoms with Gasteiger partial charge in [-0.25, -0.2) is 4.98 Å². The van der Waals surface area contributed by atoms with Gasteiger partial charge in [0.05, 0.1) is 5.56 Å². The second kappa shape index (κ2) is 5.10. The lowest BCUT2D eigenvalue weighted by Crippen LogP contribution is -2.26. The summed E-state index contributed by atoms with van der Waals surface area (Å²) in [6.45, 7) is 1.40. The van der Waals surface area contributed by atoms with Crippen LogP contribution in [0.3, 0.4) is 0 Å². The average Bonchev–Trinajstić information content (AvgIpc) is 2.64. The lowest BCUT2D eigenvalue weighted by Gasteiger charge is -2.17. The second-order valence-corrected chi connectivity index (χ2v) is 3.90. The molecule has 0 bridgehead atoms. The number of hydrogen-bond acceptors (Lipinski definition) is 3. The first-order valence-electron chi connectivity index (χ1n) is 5.00. The lowest BCUT2D eigenvalue weighted by atomic mass is 10.3. The van der Waals surface area contributed by atoms with Gasteiger partial charge < -0.3 is 10.6 Å². The Morgan fingerprint density at radius 1 is 1.35 bits per heavy atom. The van der Waals surface area contributed by atoms with Crippen molar-refractivity contribution in [1.82, 2.24) is 4.98 Å². The summed E-state index contributed by atoms with van der Waals surface area (Å²) in [6.07, 6.45) is -2.62. The molecule has 0 radical (unpaired) electrons. The number of alkyl halides is 3. The van der Waals surface area contributed by atoms with Crippen LogP contribution in [0.25, 0.3) is 0 Å². The molecule has 0 unspecified atom stereocenters. The van der Waals surface area contributed by atoms with Gasteiger partial charge >= 0.3 is 6.18 Å². The molecule has 0 amide bonds. The third-order valence-electron chi connectivity index (χ3n) is 2.62. The zero-order valence-corrected chi connectivity index (χ0v) is 9.76. The van der Waals surface area contributed by atoms with Gasteiger partial charge in [0.15, 0.2) is 0 Å². The van der Waals surface area contributed by atoms with Crippen molar-refractivity contribution >= 4 is 18.2 Å². The normalized spacial score (nSPS) is 20.2. The minimum Gasteiger partial charge on any atom is -0.355 e. The Bertz CT molecular complexity index is 366. The molecular formula is C10H13ClF3N3. The zero-order chi connectivity index (χ0) is 11.8. The maximum Gasteiger partial charge on any atom is 0.417 e. The van der Waals surface area contributed by atoms with Crippen molar-refractivity contribution in [2.45, 2.75) is 18.6 Å². The van der Waals surface area contributed by atoms with Gasteiger partial charge in [-0.2, -0.15) is 13.2 Å². The Kier molecular flexibility index (Phi) is 4.21. The van der Waals surface area contributed by atoms with Crippen LogP contribution >= 0.6 is 12.4 Å². The first-order valence-corrected chi connectivity index (χ1v) is 5.00. The second-order valence-electron chi connectivity index (χ2n) is 3.90. The van der Waals surface area contributed by atoms with E-state index >= 15 is 0 Å². The Balaban J connectivity index is 0.00000144. The Labute approximate surface area is 103 Å². The summed E-state index contributed by atoms with van der Waals surface area (Å²) >= 11 is 0. The van der Waals surface area contributed by atoms with Crippen LogP contribution in [-0.4, -0.2) is 24.1 Å². The monoisotopic (exact) mass is 267 g/mol. The van der Waals surface area contributed by atoms with E-state index in [1.165, 1.54) is 6.07 Å². The fourth-order valence-corrected chi connectivity index (χ4v) is 1.74. The number of anilines is 1. The quantitative estimate of drug-likeness (QED) is 0.847. The molecule has 1 aliphatic heterocycles. The number of pyridine rings is 1. The Hall–Kier alpha value is -1.01. The van der Waals surface area contributed by atoms with Crippen molar-refractivity contribution in [3.05, 3.63) is 23.9 Å². The van der Waals surface area contributed by atoms with Gasteiger partial charge in [0.2, 0.25) is 0 Å². The minimum absolute atomic E-state index is 0. The summed E-state index contributed by atoms with van der Waals surface area (Å²) in [4.78, 5) is 5.71. The van der Waals surface area contributed by atoms with Crippen molar-refractivity contribution in [2.24, 2.45) is 5.73 Å². The van der Waals surface area contributed by atoms with E-state index in [2.05, 4.69) is 4.98 Å². The summed E-state index contributed by atoms with van der Waals surface area (Å²) in [7, 11) is 0. The summed E-state index contributed by atoms with van der Waals surface area (Å²) < 4.78 is 36.9. The first kappa shape index (κ1) is 14.1. The predicted octanol–water partition coefficient (Wildman–Crippen LogP) is 2.06. The number of aromatic nitrogens is 1. The highest BCUT2D eigenvalue weighted by Gasteiger charge is 2.31. The maximum absolute atomic E-state index is 12.3. The first-order chi connectivity index (χ1) is 7.47. The van der Waals surface area contributed by atoms with Crippen LogP contribution in [-0.2, 0) is 6.18 Å². The van der Waals surface area contributed by atoms with E-state index in [1.54, 1.807) is 0 Å². The Morgan fingerprint density at radius 3 is 2.47 bits per heavy atom. The van der Waals surface area contributed by atoms with Crippen molar-refractivity contribution in [2.75, 3.05) is 18.0 Å². The standard InChI is InChI=1S/C10H12F3N3.ClH/c11-10(12,13)7-1-2-9(15-5-7)16-4-3-8(14)6-16;/h1-2,5,8H,3-4,6,14H2;1H/t8-;/m0./s1. The zero-order valence-electron chi connectivity index (χ0n) is 8.94. The number of hydrogen-bond donors (Lipinski definition) is 1. The number of nitrogens with two attached hydrogens (primary N) is 1. The third-order valence-corrected chi connectivity index (χ3v) is 2.62. The molecule has 1 aromatic heterocycles. The van der Waals surface area contributed by atoms with Crippen LogP contribution in [0.5, 0.6) is 0 Å². The van der Waals surface area contributed by atoms with Crippen LogP contribution < -0.4 is 10.6 Å². The molecule has 1 aliphatic rings. The third kappa shape index (κ3) is 3.23. The molecule has 0 aromatic carbocycles. The molecule has 96 valence electrons. The predicted molar refractivity (Wildman–Crippen MR) is 61.3 cm³/mol. The topological polar surface area (TPSA) is 42.1 Å². The molecule has 7 heteroatoms. The molecular weight excluding hydrogens is 255 g/mol. The molecule has 17 heavy (non-hydrogen) atoms. The smallest absolute Gasteiger partial charge is 0.355 e. The van der Waals surface area contributed by atoms with E-state index in [0.717, 1.165) is 25.2 Å². The highest BCUT2D eigenvalue weighted by molar-refractivity contribution is 5.85. The fourth-order valence-electron chi connectivity index (χ4n) is 1.74. The van der Waals surface area contributed by atoms with Gasteiger partial charge in [-0.1, -0.05) is 0 Å². The molecule has 2 N–H and O–H groups in total. The highest BCUT2D eigenvalue weighted by Crippen LogP contribution is 2.29. The van der Waals surface area contributed by atoms with E-state index in [-0.39, 0.29) is 18.4 Å². The van der Waals surface area contributed by atoms with Crippen molar-refractivity contribution in [3.63, 3.8) is 0 Å². The van der Waals surface area contributed by atoms with Crippen LogP contribution in [0, 0.1) is 0 Å². The summed E-state index contributed by atoms with van der Waals surface area (Å²) in [5.74, 6) is 0.556. The van der Waals surface area contributed by atoms with Crippen molar-refractivity contribution < 1.29 is 13.2 Å². The molecule has 3 nitrogen and oxygen atoms in total.